The number of aliphatic imine (C=N–C) groups is 1. The first-order valence-electron chi connectivity index (χ1n) is 12.2. The van der Waals surface area contributed by atoms with Crippen molar-refractivity contribution in [3.05, 3.63) is 113 Å². The van der Waals surface area contributed by atoms with Crippen molar-refractivity contribution in [2.75, 3.05) is 12.4 Å². The monoisotopic (exact) mass is 461 g/mol. The third kappa shape index (κ3) is 5.12. The van der Waals surface area contributed by atoms with Gasteiger partial charge in [-0.3, -0.25) is 4.98 Å². The number of allylic oxidation sites excluding steroid dienone is 4. The number of amidine groups is 1. The van der Waals surface area contributed by atoms with E-state index in [1.165, 1.54) is 22.3 Å². The summed E-state index contributed by atoms with van der Waals surface area (Å²) in [4.78, 5) is 9.47. The summed E-state index contributed by atoms with van der Waals surface area (Å²) in [7, 11) is 1.71. The lowest BCUT2D eigenvalue weighted by Gasteiger charge is -2.22. The molecule has 176 valence electrons. The Morgan fingerprint density at radius 1 is 1.06 bits per heavy atom. The van der Waals surface area contributed by atoms with Crippen LogP contribution in [0.2, 0.25) is 0 Å². The molecule has 2 aliphatic rings. The standard InChI is InChI=1S/C31H31N3O/c1-21-6-4-7-24-18-26(13-12-23(24)11-9-21)33-31-29-19-27(35-3)14-15-28(29)22(2)10-16-30(34-31)25-8-5-17-32-20-25/h4-8,12-20,22H,9-11H2,1-3H3,(H,33,34). The molecule has 4 heteroatoms. The first-order valence-corrected chi connectivity index (χ1v) is 12.2. The van der Waals surface area contributed by atoms with E-state index in [9.17, 15) is 0 Å². The van der Waals surface area contributed by atoms with Crippen LogP contribution in [0.4, 0.5) is 5.69 Å². The summed E-state index contributed by atoms with van der Waals surface area (Å²) in [5, 5.41) is 3.66. The number of rotatable bonds is 3. The van der Waals surface area contributed by atoms with Crippen LogP contribution in [0, 0.1) is 0 Å². The van der Waals surface area contributed by atoms with Gasteiger partial charge in [-0.2, -0.15) is 0 Å². The van der Waals surface area contributed by atoms with E-state index in [1.807, 2.05) is 18.3 Å². The minimum Gasteiger partial charge on any atom is -0.497 e. The molecular formula is C31H31N3O. The first kappa shape index (κ1) is 22.9. The summed E-state index contributed by atoms with van der Waals surface area (Å²) in [5.74, 6) is 1.97. The Morgan fingerprint density at radius 3 is 2.80 bits per heavy atom. The molecule has 0 amide bonds. The van der Waals surface area contributed by atoms with Gasteiger partial charge in [-0.15, -0.1) is 0 Å². The normalized spacial score (nSPS) is 17.3. The van der Waals surface area contributed by atoms with Crippen molar-refractivity contribution in [2.45, 2.75) is 39.0 Å². The van der Waals surface area contributed by atoms with Crippen LogP contribution in [0.25, 0.3) is 11.8 Å². The van der Waals surface area contributed by atoms with Crippen molar-refractivity contribution < 1.29 is 4.74 Å². The molecule has 0 fully saturated rings. The van der Waals surface area contributed by atoms with Gasteiger partial charge in [-0.25, -0.2) is 4.99 Å². The highest BCUT2D eigenvalue weighted by molar-refractivity contribution is 6.12. The molecular weight excluding hydrogens is 430 g/mol. The van der Waals surface area contributed by atoms with E-state index in [-0.39, 0.29) is 0 Å². The van der Waals surface area contributed by atoms with Crippen LogP contribution in [-0.2, 0) is 6.42 Å². The summed E-state index contributed by atoms with van der Waals surface area (Å²) >= 11 is 0. The molecule has 0 radical (unpaired) electrons. The topological polar surface area (TPSA) is 46.5 Å². The second kappa shape index (κ2) is 10.1. The Labute approximate surface area is 207 Å². The van der Waals surface area contributed by atoms with Gasteiger partial charge in [0.25, 0.3) is 0 Å². The minimum atomic E-state index is 0.337. The molecule has 3 aromatic rings. The second-order valence-electron chi connectivity index (χ2n) is 9.29. The average molecular weight is 462 g/mol. The molecule has 1 aromatic heterocycles. The molecule has 2 aromatic carbocycles. The van der Waals surface area contributed by atoms with Crippen molar-refractivity contribution in [3.63, 3.8) is 0 Å². The van der Waals surface area contributed by atoms with Gasteiger partial charge >= 0.3 is 0 Å². The highest BCUT2D eigenvalue weighted by atomic mass is 16.5. The van der Waals surface area contributed by atoms with E-state index in [1.54, 1.807) is 13.3 Å². The van der Waals surface area contributed by atoms with Crippen molar-refractivity contribution in [2.24, 2.45) is 4.99 Å². The van der Waals surface area contributed by atoms with Crippen molar-refractivity contribution in [1.82, 2.24) is 4.98 Å². The fraction of sp³-hybridized carbons (Fsp3) is 0.226. The van der Waals surface area contributed by atoms with E-state index in [0.29, 0.717) is 5.92 Å². The Kier molecular flexibility index (Phi) is 6.62. The smallest absolute Gasteiger partial charge is 0.138 e. The van der Waals surface area contributed by atoms with E-state index >= 15 is 0 Å². The maximum absolute atomic E-state index is 5.58. The quantitative estimate of drug-likeness (QED) is 0.442. The fourth-order valence-corrected chi connectivity index (χ4v) is 4.65. The van der Waals surface area contributed by atoms with Gasteiger partial charge < -0.3 is 10.1 Å². The van der Waals surface area contributed by atoms with Gasteiger partial charge in [0.2, 0.25) is 0 Å². The van der Waals surface area contributed by atoms with E-state index in [4.69, 9.17) is 9.73 Å². The average Bonchev–Trinajstić information content (AvgIpc) is 2.87. The number of benzene rings is 2. The molecule has 35 heavy (non-hydrogen) atoms. The van der Waals surface area contributed by atoms with Crippen LogP contribution in [0.5, 0.6) is 5.75 Å². The predicted molar refractivity (Wildman–Crippen MR) is 146 cm³/mol. The number of anilines is 1. The number of ether oxygens (including phenoxy) is 1. The summed E-state index contributed by atoms with van der Waals surface area (Å²) in [6.07, 6.45) is 15.5. The second-order valence-corrected chi connectivity index (χ2v) is 9.29. The number of hydrogen-bond donors (Lipinski definition) is 1. The van der Waals surface area contributed by atoms with Gasteiger partial charge in [-0.1, -0.05) is 48.9 Å². The maximum Gasteiger partial charge on any atom is 0.138 e. The van der Waals surface area contributed by atoms with Crippen LogP contribution >= 0.6 is 0 Å². The van der Waals surface area contributed by atoms with Crippen LogP contribution in [0.1, 0.15) is 60.4 Å². The molecule has 0 spiro atoms. The van der Waals surface area contributed by atoms with Crippen LogP contribution in [0.3, 0.4) is 0 Å². The Morgan fingerprint density at radius 2 is 1.97 bits per heavy atom. The number of nitrogens with zero attached hydrogens (tertiary/aromatic N) is 2. The van der Waals surface area contributed by atoms with E-state index < -0.39 is 0 Å². The number of nitrogens with one attached hydrogen (secondary N) is 1. The summed E-state index contributed by atoms with van der Waals surface area (Å²) in [5.41, 5.74) is 9.28. The maximum atomic E-state index is 5.58. The van der Waals surface area contributed by atoms with Gasteiger partial charge in [0.15, 0.2) is 0 Å². The third-order valence-electron chi connectivity index (χ3n) is 6.75. The summed E-state index contributed by atoms with van der Waals surface area (Å²) in [6, 6.07) is 16.9. The van der Waals surface area contributed by atoms with Crippen molar-refractivity contribution in [1.29, 1.82) is 0 Å². The molecule has 0 bridgehead atoms. The molecule has 1 atom stereocenters. The Hall–Kier alpha value is -3.92. The highest BCUT2D eigenvalue weighted by Gasteiger charge is 2.20. The summed E-state index contributed by atoms with van der Waals surface area (Å²) < 4.78 is 5.58. The molecule has 1 N–H and O–H groups in total. The zero-order valence-electron chi connectivity index (χ0n) is 20.6. The third-order valence-corrected chi connectivity index (χ3v) is 6.75. The lowest BCUT2D eigenvalue weighted by Crippen LogP contribution is -2.18. The minimum absolute atomic E-state index is 0.337. The van der Waals surface area contributed by atoms with E-state index in [2.05, 4.69) is 84.9 Å². The van der Waals surface area contributed by atoms with Gasteiger partial charge in [-0.05, 0) is 85.2 Å². The number of aryl methyl sites for hydroxylation is 1. The SMILES string of the molecule is COc1ccc2c(c1)C(Nc1ccc3c(c1)C=CC=C(C)CC3)=NC(c1cccnc1)=CCC2C. The zero-order valence-corrected chi connectivity index (χ0v) is 20.6. The van der Waals surface area contributed by atoms with Gasteiger partial charge in [0.05, 0.1) is 12.8 Å². The van der Waals surface area contributed by atoms with Gasteiger partial charge in [0, 0.05) is 29.2 Å². The largest absolute Gasteiger partial charge is 0.497 e. The summed E-state index contributed by atoms with van der Waals surface area (Å²) in [6.45, 7) is 4.45. The van der Waals surface area contributed by atoms with Crippen molar-refractivity contribution >= 4 is 23.3 Å². The first-order chi connectivity index (χ1) is 17.1. The Balaban J connectivity index is 1.60. The predicted octanol–water partition coefficient (Wildman–Crippen LogP) is 7.40. The number of methoxy groups -OCH3 is 1. The Bertz CT molecular complexity index is 1350. The van der Waals surface area contributed by atoms with Gasteiger partial charge in [0.1, 0.15) is 11.6 Å². The lowest BCUT2D eigenvalue weighted by molar-refractivity contribution is 0.414. The molecule has 0 saturated carbocycles. The molecule has 1 aliphatic heterocycles. The van der Waals surface area contributed by atoms with Crippen molar-refractivity contribution in [3.8, 4) is 5.75 Å². The van der Waals surface area contributed by atoms with Crippen LogP contribution in [-0.4, -0.2) is 17.9 Å². The fourth-order valence-electron chi connectivity index (χ4n) is 4.65. The highest BCUT2D eigenvalue weighted by Crippen LogP contribution is 2.33. The zero-order chi connectivity index (χ0) is 24.2. The van der Waals surface area contributed by atoms with Crippen LogP contribution < -0.4 is 10.1 Å². The molecule has 2 heterocycles. The molecule has 4 nitrogen and oxygen atoms in total. The number of fused-ring (bicyclic) bond motifs is 2. The lowest BCUT2D eigenvalue weighted by atomic mass is 9.90. The number of aromatic nitrogens is 1. The van der Waals surface area contributed by atoms with Crippen LogP contribution in [0.15, 0.2) is 89.7 Å². The number of hydrogen-bond acceptors (Lipinski definition) is 4. The van der Waals surface area contributed by atoms with E-state index in [0.717, 1.165) is 53.4 Å². The number of pyridine rings is 1. The molecule has 0 saturated heterocycles. The molecule has 1 unspecified atom stereocenters. The molecule has 5 rings (SSSR count). The molecule has 1 aliphatic carbocycles.